The maximum atomic E-state index is 15.1. The molecule has 0 heterocycles. The second-order valence-corrected chi connectivity index (χ2v) is 11.2. The molecule has 0 aromatic heterocycles. The summed E-state index contributed by atoms with van der Waals surface area (Å²) in [4.78, 5) is 0. The van der Waals surface area contributed by atoms with Crippen molar-refractivity contribution in [3.8, 4) is 5.75 Å². The maximum Gasteiger partial charge on any atom is 0.166 e. The molecular weight excluding hydrogens is 497 g/mol. The van der Waals surface area contributed by atoms with Gasteiger partial charge in [0.15, 0.2) is 23.2 Å². The van der Waals surface area contributed by atoms with Gasteiger partial charge < -0.3 is 9.47 Å². The highest BCUT2D eigenvalue weighted by atomic mass is 19.2. The van der Waals surface area contributed by atoms with Gasteiger partial charge in [-0.1, -0.05) is 49.8 Å². The van der Waals surface area contributed by atoms with Crippen LogP contribution in [0.3, 0.4) is 0 Å². The van der Waals surface area contributed by atoms with Crippen LogP contribution in [0.4, 0.5) is 13.2 Å². The Hall–Kier alpha value is -2.53. The second kappa shape index (κ2) is 14.7. The molecule has 39 heavy (non-hydrogen) atoms. The topological polar surface area (TPSA) is 18.5 Å². The molecule has 2 fully saturated rings. The maximum absolute atomic E-state index is 15.1. The summed E-state index contributed by atoms with van der Waals surface area (Å²) in [6.07, 6.45) is 15.8. The van der Waals surface area contributed by atoms with Gasteiger partial charge in [0.1, 0.15) is 0 Å². The number of halogens is 3. The fourth-order valence-corrected chi connectivity index (χ4v) is 5.98. The Labute approximate surface area is 232 Å². The van der Waals surface area contributed by atoms with E-state index in [1.54, 1.807) is 36.4 Å². The summed E-state index contributed by atoms with van der Waals surface area (Å²) in [6, 6.07) is 8.76. The van der Waals surface area contributed by atoms with Crippen molar-refractivity contribution in [1.82, 2.24) is 0 Å². The first kappa shape index (κ1) is 29.5. The number of hydrogen-bond donors (Lipinski definition) is 0. The van der Waals surface area contributed by atoms with E-state index in [2.05, 4.69) is 13.5 Å². The van der Waals surface area contributed by atoms with Crippen molar-refractivity contribution >= 4 is 6.08 Å². The number of benzene rings is 2. The van der Waals surface area contributed by atoms with Crippen molar-refractivity contribution in [3.63, 3.8) is 0 Å². The van der Waals surface area contributed by atoms with Crippen LogP contribution >= 0.6 is 0 Å². The first-order valence-corrected chi connectivity index (χ1v) is 14.8. The van der Waals surface area contributed by atoms with Crippen molar-refractivity contribution in [2.24, 2.45) is 5.92 Å². The van der Waals surface area contributed by atoms with Gasteiger partial charge >= 0.3 is 0 Å². The summed E-state index contributed by atoms with van der Waals surface area (Å²) in [5.74, 6) is -0.838. The number of allylic oxidation sites excluding steroid dienone is 1. The average Bonchev–Trinajstić information content (AvgIpc) is 2.96. The van der Waals surface area contributed by atoms with E-state index in [4.69, 9.17) is 9.47 Å². The zero-order valence-electron chi connectivity index (χ0n) is 23.3. The third-order valence-electron chi connectivity index (χ3n) is 8.43. The van der Waals surface area contributed by atoms with Gasteiger partial charge in [0, 0.05) is 12.2 Å². The van der Waals surface area contributed by atoms with Crippen molar-refractivity contribution in [1.29, 1.82) is 0 Å². The van der Waals surface area contributed by atoms with Gasteiger partial charge in [-0.2, -0.15) is 0 Å². The highest BCUT2D eigenvalue weighted by molar-refractivity contribution is 5.52. The summed E-state index contributed by atoms with van der Waals surface area (Å²) in [5.41, 5.74) is 1.81. The molecule has 0 unspecified atom stereocenters. The van der Waals surface area contributed by atoms with Gasteiger partial charge in [0.05, 0.1) is 12.7 Å². The normalized spacial score (nSPS) is 23.7. The van der Waals surface area contributed by atoms with E-state index in [1.165, 1.54) is 0 Å². The van der Waals surface area contributed by atoms with Crippen molar-refractivity contribution in [2.45, 2.75) is 95.5 Å². The molecule has 0 N–H and O–H groups in total. The smallest absolute Gasteiger partial charge is 0.166 e. The highest BCUT2D eigenvalue weighted by Gasteiger charge is 2.27. The van der Waals surface area contributed by atoms with E-state index in [0.717, 1.165) is 76.4 Å². The Kier molecular flexibility index (Phi) is 11.1. The Morgan fingerprint density at radius 3 is 2.31 bits per heavy atom. The Balaban J connectivity index is 1.28. The molecule has 2 aliphatic rings. The van der Waals surface area contributed by atoms with Crippen molar-refractivity contribution in [2.75, 3.05) is 13.2 Å². The van der Waals surface area contributed by atoms with Crippen LogP contribution in [-0.4, -0.2) is 19.3 Å². The van der Waals surface area contributed by atoms with E-state index < -0.39 is 11.6 Å². The second-order valence-electron chi connectivity index (χ2n) is 11.2. The van der Waals surface area contributed by atoms with E-state index in [1.807, 2.05) is 12.1 Å². The van der Waals surface area contributed by atoms with Crippen LogP contribution < -0.4 is 4.74 Å². The molecule has 2 saturated carbocycles. The molecule has 0 spiro atoms. The minimum Gasteiger partial charge on any atom is -0.490 e. The molecule has 5 heteroatoms. The molecular formula is C34H43F3O2. The van der Waals surface area contributed by atoms with E-state index >= 15 is 8.78 Å². The van der Waals surface area contributed by atoms with E-state index in [-0.39, 0.29) is 23.6 Å². The van der Waals surface area contributed by atoms with Gasteiger partial charge in [-0.25, -0.2) is 13.2 Å². The van der Waals surface area contributed by atoms with Crippen LogP contribution in [-0.2, 0) is 4.74 Å². The third kappa shape index (κ3) is 8.00. The monoisotopic (exact) mass is 540 g/mol. The van der Waals surface area contributed by atoms with Crippen LogP contribution in [0.2, 0.25) is 0 Å². The van der Waals surface area contributed by atoms with Crippen molar-refractivity contribution in [3.05, 3.63) is 83.2 Å². The third-order valence-corrected chi connectivity index (χ3v) is 8.43. The molecule has 2 aromatic rings. The Bertz CT molecular complexity index is 1100. The fourth-order valence-electron chi connectivity index (χ4n) is 5.98. The van der Waals surface area contributed by atoms with Crippen LogP contribution in [0.15, 0.2) is 49.1 Å². The van der Waals surface area contributed by atoms with Crippen LogP contribution in [0.1, 0.15) is 106 Å². The summed E-state index contributed by atoms with van der Waals surface area (Å²) >= 11 is 0. The first-order chi connectivity index (χ1) is 19.0. The fraction of sp³-hybridized carbons (Fsp3) is 0.529. The molecule has 4 rings (SSSR count). The SMILES string of the molecule is C=CCCOc1ccc(C2CCC(/C=C/c3ccc(C4CCC(OCCCC)CC4)c(F)c3F)CC2)cc1F. The summed E-state index contributed by atoms with van der Waals surface area (Å²) in [7, 11) is 0. The van der Waals surface area contributed by atoms with Crippen LogP contribution in [0, 0.1) is 23.4 Å². The Morgan fingerprint density at radius 1 is 0.872 bits per heavy atom. The van der Waals surface area contributed by atoms with Gasteiger partial charge in [-0.15, -0.1) is 6.58 Å². The summed E-state index contributed by atoms with van der Waals surface area (Å²) < 4.78 is 55.9. The largest absolute Gasteiger partial charge is 0.490 e. The molecule has 0 radical (unpaired) electrons. The molecule has 0 aliphatic heterocycles. The van der Waals surface area contributed by atoms with Gasteiger partial charge in [0.25, 0.3) is 0 Å². The predicted molar refractivity (Wildman–Crippen MR) is 153 cm³/mol. The zero-order chi connectivity index (χ0) is 27.6. The molecule has 2 aliphatic carbocycles. The molecule has 0 amide bonds. The van der Waals surface area contributed by atoms with Crippen LogP contribution in [0.5, 0.6) is 5.75 Å². The zero-order valence-corrected chi connectivity index (χ0v) is 23.3. The molecule has 0 bridgehead atoms. The molecule has 0 saturated heterocycles. The number of ether oxygens (including phenoxy) is 2. The molecule has 2 nitrogen and oxygen atoms in total. The van der Waals surface area contributed by atoms with E-state index in [9.17, 15) is 4.39 Å². The van der Waals surface area contributed by atoms with Gasteiger partial charge in [-0.3, -0.25) is 0 Å². The lowest BCUT2D eigenvalue weighted by atomic mass is 9.78. The number of rotatable bonds is 12. The van der Waals surface area contributed by atoms with Gasteiger partial charge in [-0.05, 0) is 105 Å². The number of unbranched alkanes of at least 4 members (excludes halogenated alkanes) is 1. The molecule has 0 atom stereocenters. The average molecular weight is 541 g/mol. The van der Waals surface area contributed by atoms with Crippen molar-refractivity contribution < 1.29 is 22.6 Å². The summed E-state index contributed by atoms with van der Waals surface area (Å²) in [6.45, 7) is 7.00. The van der Waals surface area contributed by atoms with Gasteiger partial charge in [0.2, 0.25) is 0 Å². The number of hydrogen-bond acceptors (Lipinski definition) is 2. The minimum atomic E-state index is -0.746. The minimum absolute atomic E-state index is 0.0523. The quantitative estimate of drug-likeness (QED) is 0.197. The Morgan fingerprint density at radius 2 is 1.62 bits per heavy atom. The standard InChI is InChI=1S/C34H43F3O2/c1-3-5-21-38-29-17-13-26(14-18-29)30-19-15-27(33(36)34(30)37)12-9-24-7-10-25(11-8-24)28-16-20-32(31(35)23-28)39-22-6-4-2/h4,9,12,15-16,19-20,23-26,29H,2-3,5-8,10-11,13-14,17-18,21-22H2,1H3/b12-9+. The lowest BCUT2D eigenvalue weighted by molar-refractivity contribution is 0.0230. The lowest BCUT2D eigenvalue weighted by Crippen LogP contribution is -2.22. The summed E-state index contributed by atoms with van der Waals surface area (Å²) in [5, 5.41) is 0. The first-order valence-electron chi connectivity index (χ1n) is 14.8. The van der Waals surface area contributed by atoms with Crippen LogP contribution in [0.25, 0.3) is 6.08 Å². The predicted octanol–water partition coefficient (Wildman–Crippen LogP) is 9.89. The lowest BCUT2D eigenvalue weighted by Gasteiger charge is -2.29. The molecule has 212 valence electrons. The van der Waals surface area contributed by atoms with E-state index in [0.29, 0.717) is 36.0 Å². The molecule has 2 aromatic carbocycles. The highest BCUT2D eigenvalue weighted by Crippen LogP contribution is 2.39.